The minimum Gasteiger partial charge on any atom is -0.495 e. The van der Waals surface area contributed by atoms with Crippen LogP contribution in [0.3, 0.4) is 0 Å². The maximum atomic E-state index is 13.9. The monoisotopic (exact) mass is 499 g/mol. The minimum atomic E-state index is -1.67. The molecule has 0 aliphatic heterocycles. The highest BCUT2D eigenvalue weighted by atomic mass is 19.2. The zero-order valence-corrected chi connectivity index (χ0v) is 19.7. The summed E-state index contributed by atoms with van der Waals surface area (Å²) in [7, 11) is 1.49. The summed E-state index contributed by atoms with van der Waals surface area (Å²) in [6.45, 7) is 1.85. The number of amides is 2. The van der Waals surface area contributed by atoms with Crippen LogP contribution in [0.15, 0.2) is 52.9 Å². The molecule has 0 bridgehead atoms. The van der Waals surface area contributed by atoms with Gasteiger partial charge in [-0.15, -0.1) is 0 Å². The minimum absolute atomic E-state index is 0.150. The summed E-state index contributed by atoms with van der Waals surface area (Å²) in [4.78, 5) is 26.8. The molecule has 2 amide bonds. The molecule has 7 nitrogen and oxygen atoms in total. The SMILES string of the molecule is CCCN(CC(=O)Nc1cc2oc3ccccc3c2cc1OC)CC(=O)Nc1ccc(F)c(F)c1F. The van der Waals surface area contributed by atoms with Crippen molar-refractivity contribution in [2.45, 2.75) is 13.3 Å². The number of furan rings is 1. The molecule has 0 saturated carbocycles. The molecule has 0 spiro atoms. The van der Waals surface area contributed by atoms with Crippen LogP contribution in [0, 0.1) is 17.5 Å². The van der Waals surface area contributed by atoms with Crippen molar-refractivity contribution < 1.29 is 31.9 Å². The first kappa shape index (κ1) is 25.1. The topological polar surface area (TPSA) is 83.8 Å². The van der Waals surface area contributed by atoms with E-state index in [2.05, 4.69) is 10.6 Å². The summed E-state index contributed by atoms with van der Waals surface area (Å²) < 4.78 is 51.8. The molecule has 0 aliphatic rings. The van der Waals surface area contributed by atoms with E-state index in [4.69, 9.17) is 9.15 Å². The Kier molecular flexibility index (Phi) is 7.44. The molecule has 0 fully saturated rings. The lowest BCUT2D eigenvalue weighted by Crippen LogP contribution is -2.39. The van der Waals surface area contributed by atoms with E-state index in [1.54, 1.807) is 17.0 Å². The Morgan fingerprint density at radius 1 is 0.889 bits per heavy atom. The third-order valence-electron chi connectivity index (χ3n) is 5.56. The summed E-state index contributed by atoms with van der Waals surface area (Å²) in [5, 5.41) is 6.76. The normalized spacial score (nSPS) is 11.3. The van der Waals surface area contributed by atoms with Crippen molar-refractivity contribution in [3.05, 3.63) is 66.0 Å². The zero-order chi connectivity index (χ0) is 25.8. The zero-order valence-electron chi connectivity index (χ0n) is 19.7. The second-order valence-corrected chi connectivity index (χ2v) is 8.18. The Morgan fingerprint density at radius 3 is 2.28 bits per heavy atom. The largest absolute Gasteiger partial charge is 0.495 e. The number of nitrogens with zero attached hydrogens (tertiary/aromatic N) is 1. The fourth-order valence-corrected chi connectivity index (χ4v) is 3.96. The van der Waals surface area contributed by atoms with E-state index in [0.717, 1.165) is 22.9 Å². The third kappa shape index (κ3) is 5.28. The third-order valence-corrected chi connectivity index (χ3v) is 5.56. The van der Waals surface area contributed by atoms with Crippen molar-refractivity contribution in [2.24, 2.45) is 0 Å². The van der Waals surface area contributed by atoms with Gasteiger partial charge in [0.1, 0.15) is 16.9 Å². The van der Waals surface area contributed by atoms with Gasteiger partial charge in [-0.1, -0.05) is 25.1 Å². The first-order valence-electron chi connectivity index (χ1n) is 11.3. The number of carbonyl (C=O) groups excluding carboxylic acids is 2. The van der Waals surface area contributed by atoms with E-state index >= 15 is 0 Å². The highest BCUT2D eigenvalue weighted by Crippen LogP contribution is 2.36. The number of anilines is 2. The Balaban J connectivity index is 1.46. The summed E-state index contributed by atoms with van der Waals surface area (Å²) in [6.07, 6.45) is 0.633. The molecule has 36 heavy (non-hydrogen) atoms. The predicted octanol–water partition coefficient (Wildman–Crippen LogP) is 5.30. The average Bonchev–Trinajstić information content (AvgIpc) is 3.21. The standard InChI is InChI=1S/C26H24F3N3O4/c1-3-10-32(13-23(33)30-18-9-8-17(27)25(28)26(18)29)14-24(34)31-19-12-21-16(11-22(19)35-2)15-6-4-5-7-20(15)36-21/h4-9,11-12H,3,10,13-14H2,1-2H3,(H,30,33)(H,31,34). The quantitative estimate of drug-likeness (QED) is 0.305. The number of fused-ring (bicyclic) bond motifs is 3. The lowest BCUT2D eigenvalue weighted by atomic mass is 10.1. The molecular weight excluding hydrogens is 475 g/mol. The Bertz CT molecular complexity index is 1440. The first-order valence-corrected chi connectivity index (χ1v) is 11.3. The smallest absolute Gasteiger partial charge is 0.238 e. The maximum absolute atomic E-state index is 13.9. The van der Waals surface area contributed by atoms with E-state index < -0.39 is 35.0 Å². The van der Waals surface area contributed by atoms with Gasteiger partial charge in [-0.3, -0.25) is 14.5 Å². The molecule has 10 heteroatoms. The van der Waals surface area contributed by atoms with Crippen molar-refractivity contribution in [1.29, 1.82) is 0 Å². The fourth-order valence-electron chi connectivity index (χ4n) is 3.96. The van der Waals surface area contributed by atoms with Crippen molar-refractivity contribution >= 4 is 45.1 Å². The average molecular weight is 499 g/mol. The maximum Gasteiger partial charge on any atom is 0.238 e. The molecule has 0 aliphatic carbocycles. The number of hydrogen-bond donors (Lipinski definition) is 2. The van der Waals surface area contributed by atoms with Crippen molar-refractivity contribution in [1.82, 2.24) is 4.90 Å². The van der Waals surface area contributed by atoms with Crippen LogP contribution in [0.2, 0.25) is 0 Å². The van der Waals surface area contributed by atoms with Crippen LogP contribution in [0.4, 0.5) is 24.5 Å². The second kappa shape index (κ2) is 10.7. The summed E-state index contributed by atoms with van der Waals surface area (Å²) >= 11 is 0. The number of ether oxygens (including phenoxy) is 1. The number of methoxy groups -OCH3 is 1. The van der Waals surface area contributed by atoms with E-state index in [9.17, 15) is 22.8 Å². The van der Waals surface area contributed by atoms with E-state index in [1.807, 2.05) is 31.2 Å². The van der Waals surface area contributed by atoms with Crippen molar-refractivity contribution in [3.8, 4) is 5.75 Å². The van der Waals surface area contributed by atoms with Crippen molar-refractivity contribution in [2.75, 3.05) is 37.4 Å². The van der Waals surface area contributed by atoms with Gasteiger partial charge < -0.3 is 19.8 Å². The van der Waals surface area contributed by atoms with E-state index in [0.29, 0.717) is 35.6 Å². The van der Waals surface area contributed by atoms with Gasteiger partial charge in [0.25, 0.3) is 0 Å². The van der Waals surface area contributed by atoms with E-state index in [-0.39, 0.29) is 13.1 Å². The van der Waals surface area contributed by atoms with Gasteiger partial charge in [-0.2, -0.15) is 0 Å². The summed E-state index contributed by atoms with van der Waals surface area (Å²) in [5.41, 5.74) is 1.20. The van der Waals surface area contributed by atoms with Gasteiger partial charge >= 0.3 is 0 Å². The number of benzene rings is 3. The van der Waals surface area contributed by atoms with Crippen LogP contribution in [0.1, 0.15) is 13.3 Å². The van der Waals surface area contributed by atoms with Crippen LogP contribution < -0.4 is 15.4 Å². The second-order valence-electron chi connectivity index (χ2n) is 8.18. The number of rotatable bonds is 9. The van der Waals surface area contributed by atoms with Crippen LogP contribution >= 0.6 is 0 Å². The number of nitrogens with one attached hydrogen (secondary N) is 2. The molecule has 1 heterocycles. The Hall–Kier alpha value is -4.05. The highest BCUT2D eigenvalue weighted by molar-refractivity contribution is 6.08. The highest BCUT2D eigenvalue weighted by Gasteiger charge is 2.20. The van der Waals surface area contributed by atoms with Gasteiger partial charge in [0.05, 0.1) is 31.6 Å². The van der Waals surface area contributed by atoms with Gasteiger partial charge in [-0.25, -0.2) is 13.2 Å². The lowest BCUT2D eigenvalue weighted by Gasteiger charge is -2.21. The summed E-state index contributed by atoms with van der Waals surface area (Å²) in [6, 6.07) is 12.7. The molecule has 0 radical (unpaired) electrons. The fraction of sp³-hybridized carbons (Fsp3) is 0.231. The van der Waals surface area contributed by atoms with Gasteiger partial charge in [0.2, 0.25) is 11.8 Å². The van der Waals surface area contributed by atoms with Crippen LogP contribution in [-0.2, 0) is 9.59 Å². The van der Waals surface area contributed by atoms with Crippen LogP contribution in [-0.4, -0.2) is 43.5 Å². The number of carbonyl (C=O) groups is 2. The van der Waals surface area contributed by atoms with Crippen molar-refractivity contribution in [3.63, 3.8) is 0 Å². The molecule has 4 aromatic rings. The molecule has 2 N–H and O–H groups in total. The molecule has 1 aromatic heterocycles. The lowest BCUT2D eigenvalue weighted by molar-refractivity contribution is -0.120. The molecule has 0 atom stereocenters. The molecular formula is C26H24F3N3O4. The van der Waals surface area contributed by atoms with Crippen LogP contribution in [0.5, 0.6) is 5.75 Å². The van der Waals surface area contributed by atoms with E-state index in [1.165, 1.54) is 7.11 Å². The molecule has 0 saturated heterocycles. The number of hydrogen-bond acceptors (Lipinski definition) is 5. The molecule has 188 valence electrons. The van der Waals surface area contributed by atoms with Gasteiger partial charge in [0.15, 0.2) is 17.5 Å². The molecule has 3 aromatic carbocycles. The van der Waals surface area contributed by atoms with Crippen LogP contribution in [0.25, 0.3) is 21.9 Å². The molecule has 4 rings (SSSR count). The Morgan fingerprint density at radius 2 is 1.58 bits per heavy atom. The molecule has 0 unspecified atom stereocenters. The predicted molar refractivity (Wildman–Crippen MR) is 131 cm³/mol. The summed E-state index contributed by atoms with van der Waals surface area (Å²) in [5.74, 6) is -5.17. The van der Waals surface area contributed by atoms with Gasteiger partial charge in [0, 0.05) is 16.8 Å². The Labute approximate surface area is 204 Å². The number of para-hydroxylation sites is 1. The number of halogens is 3. The van der Waals surface area contributed by atoms with Gasteiger partial charge in [-0.05, 0) is 37.2 Å². The first-order chi connectivity index (χ1) is 17.3.